The number of benzene rings is 2. The van der Waals surface area contributed by atoms with Crippen LogP contribution < -0.4 is 5.73 Å². The third kappa shape index (κ3) is 5.12. The number of methoxy groups -OCH3 is 1. The average molecular weight is 468 g/mol. The summed E-state index contributed by atoms with van der Waals surface area (Å²) in [6.07, 6.45) is 2.72. The van der Waals surface area contributed by atoms with Gasteiger partial charge in [0.25, 0.3) is 0 Å². The minimum absolute atomic E-state index is 0. The Balaban J connectivity index is 0.00000341. The predicted molar refractivity (Wildman–Crippen MR) is 120 cm³/mol. The largest absolute Gasteiger partial charge is 0.465 e. The van der Waals surface area contributed by atoms with Gasteiger partial charge in [-0.3, -0.25) is 0 Å². The molecule has 2 N–H and O–H groups in total. The molecule has 7 nitrogen and oxygen atoms in total. The number of hydrogen-bond acceptors (Lipinski definition) is 6. The normalized spacial score (nSPS) is 11.9. The summed E-state index contributed by atoms with van der Waals surface area (Å²) in [5, 5.41) is 0. The van der Waals surface area contributed by atoms with Crippen LogP contribution in [0.3, 0.4) is 0 Å². The standard InChI is InChI=1S/C21H22FN3O4S.ClH/c1-3-30(27,28)17-6-4-5-14(9-17)18-10-15(21(26)29-2)11-19-20(18)24-13-25(19)12-16(22)7-8-23;/h4-7,9-11,13H,3,8,12,23H2,1-2H3;1H/b16-7-;. The van der Waals surface area contributed by atoms with E-state index in [1.807, 2.05) is 0 Å². The summed E-state index contributed by atoms with van der Waals surface area (Å²) in [4.78, 5) is 16.8. The van der Waals surface area contributed by atoms with Crippen molar-refractivity contribution in [1.29, 1.82) is 0 Å². The number of rotatable bonds is 7. The Hall–Kier alpha value is -2.75. The highest BCUT2D eigenvalue weighted by atomic mass is 35.5. The maximum absolute atomic E-state index is 14.0. The Morgan fingerprint density at radius 2 is 2.03 bits per heavy atom. The molecule has 0 amide bonds. The van der Waals surface area contributed by atoms with Gasteiger partial charge in [-0.2, -0.15) is 0 Å². The molecule has 0 radical (unpaired) electrons. The monoisotopic (exact) mass is 467 g/mol. The van der Waals surface area contributed by atoms with Crippen molar-refractivity contribution in [2.75, 3.05) is 19.4 Å². The second-order valence-corrected chi connectivity index (χ2v) is 8.85. The quantitative estimate of drug-likeness (QED) is 0.533. The zero-order valence-electron chi connectivity index (χ0n) is 17.0. The van der Waals surface area contributed by atoms with Gasteiger partial charge in [-0.25, -0.2) is 22.6 Å². The molecule has 0 atom stereocenters. The van der Waals surface area contributed by atoms with E-state index in [0.717, 1.165) is 0 Å². The summed E-state index contributed by atoms with van der Waals surface area (Å²) in [5.74, 6) is -1.03. The first-order valence-corrected chi connectivity index (χ1v) is 10.9. The number of nitrogens with two attached hydrogens (primary N) is 1. The molecule has 0 spiro atoms. The Morgan fingerprint density at radius 1 is 1.29 bits per heavy atom. The molecule has 1 heterocycles. The van der Waals surface area contributed by atoms with Gasteiger partial charge in [0.1, 0.15) is 5.83 Å². The number of esters is 1. The SMILES string of the molecule is CCS(=O)(=O)c1cccc(-c2cc(C(=O)OC)cc3c2ncn3C/C(F)=C/CN)c1.Cl. The number of carbonyl (C=O) groups is 1. The van der Waals surface area contributed by atoms with Crippen LogP contribution in [0.4, 0.5) is 4.39 Å². The first kappa shape index (κ1) is 24.5. The van der Waals surface area contributed by atoms with Gasteiger partial charge in [0.2, 0.25) is 0 Å². The maximum atomic E-state index is 14.0. The molecular weight excluding hydrogens is 445 g/mol. The van der Waals surface area contributed by atoms with E-state index >= 15 is 0 Å². The van der Waals surface area contributed by atoms with E-state index < -0.39 is 21.6 Å². The van der Waals surface area contributed by atoms with E-state index in [9.17, 15) is 17.6 Å². The van der Waals surface area contributed by atoms with Crippen LogP contribution in [0.2, 0.25) is 0 Å². The number of sulfone groups is 1. The van der Waals surface area contributed by atoms with Crippen molar-refractivity contribution >= 4 is 39.2 Å². The second kappa shape index (κ2) is 10.0. The summed E-state index contributed by atoms with van der Waals surface area (Å²) in [6.45, 7) is 1.54. The van der Waals surface area contributed by atoms with Crippen LogP contribution in [0.5, 0.6) is 0 Å². The van der Waals surface area contributed by atoms with Gasteiger partial charge in [-0.15, -0.1) is 12.4 Å². The molecule has 0 bridgehead atoms. The fourth-order valence-electron chi connectivity index (χ4n) is 3.12. The van der Waals surface area contributed by atoms with Crippen molar-refractivity contribution in [3.05, 3.63) is 60.2 Å². The Labute approximate surface area is 186 Å². The molecule has 3 aromatic rings. The Kier molecular flexibility index (Phi) is 7.94. The van der Waals surface area contributed by atoms with Crippen LogP contribution in [-0.2, 0) is 21.1 Å². The summed E-state index contributed by atoms with van der Waals surface area (Å²) in [7, 11) is -2.15. The number of hydrogen-bond donors (Lipinski definition) is 1. The zero-order chi connectivity index (χ0) is 21.9. The summed E-state index contributed by atoms with van der Waals surface area (Å²) in [6, 6.07) is 9.60. The number of aromatic nitrogens is 2. The number of nitrogens with zero attached hydrogens (tertiary/aromatic N) is 2. The highest BCUT2D eigenvalue weighted by Crippen LogP contribution is 2.31. The van der Waals surface area contributed by atoms with Gasteiger partial charge in [0, 0.05) is 12.1 Å². The highest BCUT2D eigenvalue weighted by Gasteiger charge is 2.18. The van der Waals surface area contributed by atoms with Gasteiger partial charge in [-0.1, -0.05) is 19.1 Å². The van der Waals surface area contributed by atoms with E-state index in [1.54, 1.807) is 41.8 Å². The molecular formula is C21H23ClFN3O4S. The molecule has 1 aromatic heterocycles. The van der Waals surface area contributed by atoms with Crippen molar-refractivity contribution in [1.82, 2.24) is 9.55 Å². The van der Waals surface area contributed by atoms with Gasteiger partial charge >= 0.3 is 5.97 Å². The minimum atomic E-state index is -3.42. The molecule has 31 heavy (non-hydrogen) atoms. The van der Waals surface area contributed by atoms with E-state index in [1.165, 1.54) is 25.6 Å². The highest BCUT2D eigenvalue weighted by molar-refractivity contribution is 7.91. The third-order valence-electron chi connectivity index (χ3n) is 4.69. The summed E-state index contributed by atoms with van der Waals surface area (Å²) < 4.78 is 45.0. The van der Waals surface area contributed by atoms with Crippen molar-refractivity contribution in [3.63, 3.8) is 0 Å². The first-order valence-electron chi connectivity index (χ1n) is 9.25. The average Bonchev–Trinajstić information content (AvgIpc) is 3.15. The smallest absolute Gasteiger partial charge is 0.337 e. The number of allylic oxidation sites excluding steroid dienone is 1. The zero-order valence-corrected chi connectivity index (χ0v) is 18.7. The lowest BCUT2D eigenvalue weighted by atomic mass is 10.0. The summed E-state index contributed by atoms with van der Waals surface area (Å²) >= 11 is 0. The van der Waals surface area contributed by atoms with Crippen LogP contribution in [-0.4, -0.2) is 43.3 Å². The number of halogens is 2. The van der Waals surface area contributed by atoms with Crippen LogP contribution in [0.15, 0.2) is 59.5 Å². The predicted octanol–water partition coefficient (Wildman–Crippen LogP) is 3.52. The topological polar surface area (TPSA) is 104 Å². The molecule has 0 unspecified atom stereocenters. The van der Waals surface area contributed by atoms with Crippen LogP contribution in [0, 0.1) is 0 Å². The van der Waals surface area contributed by atoms with Crippen LogP contribution >= 0.6 is 12.4 Å². The van der Waals surface area contributed by atoms with Crippen LogP contribution in [0.25, 0.3) is 22.2 Å². The van der Waals surface area contributed by atoms with E-state index in [2.05, 4.69) is 4.98 Å². The first-order chi connectivity index (χ1) is 14.3. The molecule has 0 saturated heterocycles. The van der Waals surface area contributed by atoms with Crippen LogP contribution in [0.1, 0.15) is 17.3 Å². The Morgan fingerprint density at radius 3 is 2.68 bits per heavy atom. The molecule has 0 aliphatic heterocycles. The molecule has 10 heteroatoms. The molecule has 0 fully saturated rings. The van der Waals surface area contributed by atoms with E-state index in [4.69, 9.17) is 10.5 Å². The molecule has 0 saturated carbocycles. The van der Waals surface area contributed by atoms with Gasteiger partial charge in [-0.05, 0) is 35.9 Å². The van der Waals surface area contributed by atoms with Gasteiger partial charge in [0.15, 0.2) is 9.84 Å². The van der Waals surface area contributed by atoms with E-state index in [0.29, 0.717) is 22.2 Å². The molecule has 0 aliphatic carbocycles. The fourth-order valence-corrected chi connectivity index (χ4v) is 4.05. The van der Waals surface area contributed by atoms with Crippen molar-refractivity contribution in [3.8, 4) is 11.1 Å². The van der Waals surface area contributed by atoms with Gasteiger partial charge in [0.05, 0.1) is 47.2 Å². The van der Waals surface area contributed by atoms with Crippen molar-refractivity contribution in [2.45, 2.75) is 18.4 Å². The number of imidazole rings is 1. The molecule has 0 aliphatic rings. The lowest BCUT2D eigenvalue weighted by molar-refractivity contribution is 0.0601. The maximum Gasteiger partial charge on any atom is 0.337 e. The minimum Gasteiger partial charge on any atom is -0.465 e. The molecule has 166 valence electrons. The second-order valence-electron chi connectivity index (χ2n) is 6.57. The fraction of sp³-hybridized carbons (Fsp3) is 0.238. The number of ether oxygens (including phenoxy) is 1. The molecule has 3 rings (SSSR count). The number of fused-ring (bicyclic) bond motifs is 1. The number of carbonyl (C=O) groups excluding carboxylic acids is 1. The third-order valence-corrected chi connectivity index (χ3v) is 6.42. The lowest BCUT2D eigenvalue weighted by Gasteiger charge is -2.10. The van der Waals surface area contributed by atoms with E-state index in [-0.39, 0.29) is 41.7 Å². The van der Waals surface area contributed by atoms with Crippen molar-refractivity contribution < 1.29 is 22.3 Å². The lowest BCUT2D eigenvalue weighted by Crippen LogP contribution is -2.05. The van der Waals surface area contributed by atoms with Gasteiger partial charge < -0.3 is 15.0 Å². The summed E-state index contributed by atoms with van der Waals surface area (Å²) in [5.41, 5.74) is 7.74. The molecule has 2 aromatic carbocycles. The Bertz CT molecular complexity index is 1240. The van der Waals surface area contributed by atoms with Crippen molar-refractivity contribution in [2.24, 2.45) is 5.73 Å².